The van der Waals surface area contributed by atoms with Crippen LogP contribution in [0.4, 0.5) is 11.4 Å². The summed E-state index contributed by atoms with van der Waals surface area (Å²) in [5.41, 5.74) is 2.54. The molecule has 0 atom stereocenters. The fraction of sp³-hybridized carbons (Fsp3) is 0.261. The summed E-state index contributed by atoms with van der Waals surface area (Å²) in [6, 6.07) is 12.6. The largest absolute Gasteiger partial charge is 0.294 e. The second-order valence-electron chi connectivity index (χ2n) is 7.88. The number of hydrogen-bond donors (Lipinski definition) is 0. The third-order valence-electron chi connectivity index (χ3n) is 5.87. The van der Waals surface area contributed by atoms with Gasteiger partial charge in [-0.2, -0.15) is 0 Å². The highest BCUT2D eigenvalue weighted by Crippen LogP contribution is 2.46. The van der Waals surface area contributed by atoms with E-state index >= 15 is 0 Å². The number of halogens is 2. The van der Waals surface area contributed by atoms with Crippen molar-refractivity contribution in [1.29, 1.82) is 0 Å². The first kappa shape index (κ1) is 21.9. The number of anilines is 2. The molecule has 3 heterocycles. The van der Waals surface area contributed by atoms with E-state index in [2.05, 4.69) is 4.90 Å². The summed E-state index contributed by atoms with van der Waals surface area (Å²) in [6.45, 7) is 2.47. The smallest absolute Gasteiger partial charge is 0.271 e. The van der Waals surface area contributed by atoms with Gasteiger partial charge in [-0.1, -0.05) is 71.8 Å². The molecule has 2 aromatic carbocycles. The number of thioether (sulfide) groups is 1. The molecule has 9 heteroatoms. The van der Waals surface area contributed by atoms with Crippen LogP contribution in [0.5, 0.6) is 0 Å². The van der Waals surface area contributed by atoms with Crippen LogP contribution in [0.15, 0.2) is 47.4 Å². The summed E-state index contributed by atoms with van der Waals surface area (Å²) in [7, 11) is 0. The molecule has 5 rings (SSSR count). The molecule has 32 heavy (non-hydrogen) atoms. The number of para-hydroxylation sites is 1. The highest BCUT2D eigenvalue weighted by molar-refractivity contribution is 8.27. The topological polar surface area (TPSA) is 43.9 Å². The molecule has 0 aromatic heterocycles. The van der Waals surface area contributed by atoms with E-state index in [1.165, 1.54) is 11.3 Å². The molecule has 0 radical (unpaired) electrons. The number of likely N-dealkylation sites (tertiary alicyclic amines) is 1. The van der Waals surface area contributed by atoms with Crippen LogP contribution >= 0.6 is 47.2 Å². The minimum absolute atomic E-state index is 0.161. The monoisotopic (exact) mass is 503 g/mol. The van der Waals surface area contributed by atoms with Crippen LogP contribution < -0.4 is 9.80 Å². The quantitative estimate of drug-likeness (QED) is 0.405. The number of thiocarbonyl (C=S) groups is 1. The van der Waals surface area contributed by atoms with Gasteiger partial charge in [-0.05, 0) is 50.2 Å². The summed E-state index contributed by atoms with van der Waals surface area (Å²) < 4.78 is 0.357. The molecule has 0 bridgehead atoms. The fourth-order valence-corrected chi connectivity index (χ4v) is 5.97. The third kappa shape index (κ3) is 3.76. The highest BCUT2D eigenvalue weighted by Gasteiger charge is 2.43. The van der Waals surface area contributed by atoms with Crippen molar-refractivity contribution in [2.75, 3.05) is 29.6 Å². The summed E-state index contributed by atoms with van der Waals surface area (Å²) in [4.78, 5) is 32.9. The van der Waals surface area contributed by atoms with Crippen molar-refractivity contribution in [3.63, 3.8) is 0 Å². The Morgan fingerprint density at radius 2 is 1.69 bits per heavy atom. The van der Waals surface area contributed by atoms with Crippen LogP contribution in [-0.2, 0) is 9.59 Å². The van der Waals surface area contributed by atoms with E-state index in [-0.39, 0.29) is 11.8 Å². The van der Waals surface area contributed by atoms with Gasteiger partial charge < -0.3 is 0 Å². The Bertz CT molecular complexity index is 1180. The van der Waals surface area contributed by atoms with Crippen LogP contribution in [0.25, 0.3) is 5.57 Å². The zero-order chi connectivity index (χ0) is 22.4. The molecule has 2 saturated heterocycles. The van der Waals surface area contributed by atoms with Crippen molar-refractivity contribution >= 4 is 80.3 Å². The Kier molecular flexibility index (Phi) is 6.03. The SMILES string of the molecule is O=C1/C(=C2\SC(=S)N(c3ccc(Cl)c(Cl)c3)C2=O)c2ccccc2N1CN1CCCCC1. The molecule has 3 aliphatic heterocycles. The van der Waals surface area contributed by atoms with Crippen LogP contribution in [0.3, 0.4) is 0 Å². The van der Waals surface area contributed by atoms with Gasteiger partial charge in [-0.25, -0.2) is 0 Å². The first-order chi connectivity index (χ1) is 15.5. The van der Waals surface area contributed by atoms with Crippen molar-refractivity contribution < 1.29 is 9.59 Å². The average Bonchev–Trinajstić information content (AvgIpc) is 3.23. The van der Waals surface area contributed by atoms with Gasteiger partial charge in [-0.3, -0.25) is 24.3 Å². The summed E-state index contributed by atoms with van der Waals surface area (Å²) in [6.07, 6.45) is 3.50. The van der Waals surface area contributed by atoms with Gasteiger partial charge in [-0.15, -0.1) is 0 Å². The van der Waals surface area contributed by atoms with Crippen LogP contribution in [0, 0.1) is 0 Å². The lowest BCUT2D eigenvalue weighted by atomic mass is 10.1. The number of fused-ring (bicyclic) bond motifs is 1. The first-order valence-corrected chi connectivity index (χ1v) is 12.3. The first-order valence-electron chi connectivity index (χ1n) is 10.3. The third-order valence-corrected chi connectivity index (χ3v) is 7.98. The van der Waals surface area contributed by atoms with Crippen LogP contribution in [0.1, 0.15) is 24.8 Å². The maximum Gasteiger partial charge on any atom is 0.271 e. The lowest BCUT2D eigenvalue weighted by molar-refractivity contribution is -0.115. The molecule has 2 fully saturated rings. The van der Waals surface area contributed by atoms with Crippen molar-refractivity contribution in [3.05, 3.63) is 63.0 Å². The highest BCUT2D eigenvalue weighted by atomic mass is 35.5. The molecular formula is C23H19Cl2N3O2S2. The van der Waals surface area contributed by atoms with Gasteiger partial charge in [0.25, 0.3) is 11.8 Å². The van der Waals surface area contributed by atoms with Gasteiger partial charge >= 0.3 is 0 Å². The summed E-state index contributed by atoms with van der Waals surface area (Å²) in [5.74, 6) is -0.484. The molecule has 0 N–H and O–H groups in total. The molecule has 0 saturated carbocycles. The maximum atomic E-state index is 13.6. The maximum absolute atomic E-state index is 13.6. The Labute approximate surface area is 205 Å². The zero-order valence-electron chi connectivity index (χ0n) is 17.0. The van der Waals surface area contributed by atoms with E-state index in [0.717, 1.165) is 48.9 Å². The van der Waals surface area contributed by atoms with E-state index in [9.17, 15) is 9.59 Å². The molecule has 5 nitrogen and oxygen atoms in total. The molecular weight excluding hydrogens is 485 g/mol. The predicted molar refractivity (Wildman–Crippen MR) is 135 cm³/mol. The normalized spacial score (nSPS) is 21.6. The van der Waals surface area contributed by atoms with Gasteiger partial charge in [0.1, 0.15) is 0 Å². The van der Waals surface area contributed by atoms with Crippen LogP contribution in [-0.4, -0.2) is 40.8 Å². The Morgan fingerprint density at radius 1 is 0.938 bits per heavy atom. The van der Waals surface area contributed by atoms with Gasteiger partial charge in [0.05, 0.1) is 38.6 Å². The number of carbonyl (C=O) groups excluding carboxylic acids is 2. The Hall–Kier alpha value is -1.90. The second-order valence-corrected chi connectivity index (χ2v) is 10.3. The summed E-state index contributed by atoms with van der Waals surface area (Å²) in [5, 5.41) is 0.730. The molecule has 2 aromatic rings. The molecule has 0 unspecified atom stereocenters. The van der Waals surface area contributed by atoms with Crippen molar-refractivity contribution in [2.24, 2.45) is 0 Å². The predicted octanol–water partition coefficient (Wildman–Crippen LogP) is 5.56. The number of carbonyl (C=O) groups is 2. The average molecular weight is 504 g/mol. The number of piperidine rings is 1. The van der Waals surface area contributed by atoms with Crippen molar-refractivity contribution in [2.45, 2.75) is 19.3 Å². The molecule has 3 aliphatic rings. The number of benzene rings is 2. The molecule has 0 aliphatic carbocycles. The van der Waals surface area contributed by atoms with E-state index in [1.54, 1.807) is 23.1 Å². The number of nitrogens with zero attached hydrogens (tertiary/aromatic N) is 3. The van der Waals surface area contributed by atoms with Gasteiger partial charge in [0, 0.05) is 5.56 Å². The number of rotatable bonds is 3. The minimum Gasteiger partial charge on any atom is -0.294 e. The zero-order valence-corrected chi connectivity index (χ0v) is 20.2. The van der Waals surface area contributed by atoms with E-state index in [0.29, 0.717) is 37.2 Å². The van der Waals surface area contributed by atoms with Crippen LogP contribution in [0.2, 0.25) is 10.0 Å². The summed E-state index contributed by atoms with van der Waals surface area (Å²) >= 11 is 18.8. The van der Waals surface area contributed by atoms with Gasteiger partial charge in [0.2, 0.25) is 0 Å². The minimum atomic E-state index is -0.323. The van der Waals surface area contributed by atoms with E-state index in [1.807, 2.05) is 24.3 Å². The Morgan fingerprint density at radius 3 is 2.44 bits per heavy atom. The number of amides is 2. The molecule has 0 spiro atoms. The number of hydrogen-bond acceptors (Lipinski definition) is 5. The van der Waals surface area contributed by atoms with E-state index in [4.69, 9.17) is 35.4 Å². The van der Waals surface area contributed by atoms with Crippen molar-refractivity contribution in [3.8, 4) is 0 Å². The lowest BCUT2D eigenvalue weighted by Gasteiger charge is -2.30. The molecule has 2 amide bonds. The van der Waals surface area contributed by atoms with Crippen molar-refractivity contribution in [1.82, 2.24) is 4.90 Å². The molecule has 164 valence electrons. The Balaban J connectivity index is 1.53. The lowest BCUT2D eigenvalue weighted by Crippen LogP contribution is -2.42. The van der Waals surface area contributed by atoms with E-state index < -0.39 is 0 Å². The fourth-order valence-electron chi connectivity index (χ4n) is 4.31. The standard InChI is InChI=1S/C23H19Cl2N3O2S2/c24-16-9-8-14(12-17(16)25)28-22(30)20(32-23(28)31)19-15-6-2-3-7-18(15)27(21(19)29)13-26-10-4-1-5-11-26/h2-3,6-9,12H,1,4-5,10-11,13H2/b20-19-. The second kappa shape index (κ2) is 8.80. The van der Waals surface area contributed by atoms with Gasteiger partial charge in [0.15, 0.2) is 4.32 Å².